The summed E-state index contributed by atoms with van der Waals surface area (Å²) in [7, 11) is 1.68. The molecule has 0 saturated carbocycles. The minimum Gasteiger partial charge on any atom is -0.378 e. The van der Waals surface area contributed by atoms with E-state index in [1.165, 1.54) is 0 Å². The Labute approximate surface area is 199 Å². The van der Waals surface area contributed by atoms with Gasteiger partial charge in [0.1, 0.15) is 0 Å². The third-order valence-electron chi connectivity index (χ3n) is 5.43. The number of ether oxygens (including phenoxy) is 1. The van der Waals surface area contributed by atoms with Crippen LogP contribution in [-0.4, -0.2) is 27.0 Å². The zero-order valence-electron chi connectivity index (χ0n) is 19.1. The highest BCUT2D eigenvalue weighted by molar-refractivity contribution is 5.71. The minimum absolute atomic E-state index is 0.475. The van der Waals surface area contributed by atoms with Crippen molar-refractivity contribution in [2.75, 3.05) is 7.11 Å². The van der Waals surface area contributed by atoms with Crippen LogP contribution in [0, 0.1) is 6.92 Å². The van der Waals surface area contributed by atoms with Gasteiger partial charge >= 0.3 is 0 Å². The van der Waals surface area contributed by atoms with E-state index in [0.717, 1.165) is 39.2 Å². The van der Waals surface area contributed by atoms with Crippen LogP contribution in [0.4, 0.5) is 0 Å². The number of nitrogens with zero attached hydrogens (tertiary/aromatic N) is 4. The van der Waals surface area contributed by atoms with E-state index in [9.17, 15) is 0 Å². The second-order valence-corrected chi connectivity index (χ2v) is 8.07. The van der Waals surface area contributed by atoms with E-state index in [1.54, 1.807) is 7.11 Å². The predicted molar refractivity (Wildman–Crippen MR) is 135 cm³/mol. The molecule has 0 amide bonds. The van der Waals surface area contributed by atoms with Gasteiger partial charge in [-0.15, -0.1) is 0 Å². The van der Waals surface area contributed by atoms with E-state index in [-0.39, 0.29) is 0 Å². The first-order valence-electron chi connectivity index (χ1n) is 11.1. The number of hydrogen-bond acceptors (Lipinski definition) is 5. The van der Waals surface area contributed by atoms with E-state index in [0.29, 0.717) is 24.1 Å². The van der Waals surface area contributed by atoms with E-state index in [2.05, 4.69) is 25.1 Å². The monoisotopic (exact) mass is 444 g/mol. The van der Waals surface area contributed by atoms with Gasteiger partial charge < -0.3 is 4.74 Å². The van der Waals surface area contributed by atoms with Gasteiger partial charge in [-0.25, -0.2) is 15.0 Å². The summed E-state index contributed by atoms with van der Waals surface area (Å²) >= 11 is 0. The van der Waals surface area contributed by atoms with Crippen molar-refractivity contribution in [3.8, 4) is 45.4 Å². The Morgan fingerprint density at radius 3 is 1.68 bits per heavy atom. The molecule has 0 radical (unpaired) electrons. The highest BCUT2D eigenvalue weighted by Crippen LogP contribution is 2.28. The Kier molecular flexibility index (Phi) is 6.19. The van der Waals surface area contributed by atoms with Gasteiger partial charge in [-0.2, -0.15) is 0 Å². The number of methoxy groups -OCH3 is 1. The molecular formula is C29H24N4O. The molecule has 2 heterocycles. The quantitative estimate of drug-likeness (QED) is 0.304. The van der Waals surface area contributed by atoms with Gasteiger partial charge in [-0.1, -0.05) is 78.9 Å². The average molecular weight is 445 g/mol. The van der Waals surface area contributed by atoms with Gasteiger partial charge in [0.25, 0.3) is 0 Å². The summed E-state index contributed by atoms with van der Waals surface area (Å²) in [6.45, 7) is 2.54. The molecule has 34 heavy (non-hydrogen) atoms. The van der Waals surface area contributed by atoms with Crippen molar-refractivity contribution in [1.82, 2.24) is 19.9 Å². The number of rotatable bonds is 6. The van der Waals surface area contributed by atoms with Gasteiger partial charge in [0.05, 0.1) is 18.0 Å². The SMILES string of the molecule is COCc1cc(C)cc(-c2cccc(-c3nc(-c4ccccc4)nc(-c4ccccc4)n3)c2)n1. The van der Waals surface area contributed by atoms with Crippen LogP contribution in [0.5, 0.6) is 0 Å². The molecule has 0 aliphatic rings. The first-order valence-corrected chi connectivity index (χ1v) is 11.1. The molecule has 0 fully saturated rings. The standard InChI is InChI=1S/C29H24N4O/c1-20-16-25(19-34-2)30-26(17-20)23-14-9-15-24(18-23)29-32-27(21-10-5-3-6-11-21)31-28(33-29)22-12-7-4-8-13-22/h3-18H,19H2,1-2H3. The van der Waals surface area contributed by atoms with Crippen LogP contribution >= 0.6 is 0 Å². The predicted octanol–water partition coefficient (Wildman–Crippen LogP) is 6.39. The van der Waals surface area contributed by atoms with Gasteiger partial charge in [-0.3, -0.25) is 4.98 Å². The second kappa shape index (κ2) is 9.73. The maximum atomic E-state index is 5.29. The van der Waals surface area contributed by atoms with Crippen LogP contribution in [0.1, 0.15) is 11.3 Å². The largest absolute Gasteiger partial charge is 0.378 e. The van der Waals surface area contributed by atoms with Crippen LogP contribution in [-0.2, 0) is 11.3 Å². The molecule has 0 atom stereocenters. The molecule has 0 aliphatic carbocycles. The summed E-state index contributed by atoms with van der Waals surface area (Å²) in [6.07, 6.45) is 0. The van der Waals surface area contributed by atoms with Gasteiger partial charge in [0.15, 0.2) is 17.5 Å². The summed E-state index contributed by atoms with van der Waals surface area (Å²) in [5, 5.41) is 0. The number of aryl methyl sites for hydroxylation is 1. The molecule has 5 nitrogen and oxygen atoms in total. The van der Waals surface area contributed by atoms with Crippen LogP contribution in [0.25, 0.3) is 45.4 Å². The maximum Gasteiger partial charge on any atom is 0.164 e. The summed E-state index contributed by atoms with van der Waals surface area (Å²) in [6, 6.07) is 32.3. The fourth-order valence-corrected chi connectivity index (χ4v) is 3.86. The first kappa shape index (κ1) is 21.6. The lowest BCUT2D eigenvalue weighted by molar-refractivity contribution is 0.181. The molecule has 5 aromatic rings. The topological polar surface area (TPSA) is 60.8 Å². The van der Waals surface area contributed by atoms with E-state index >= 15 is 0 Å². The maximum absolute atomic E-state index is 5.29. The molecule has 2 aromatic heterocycles. The third-order valence-corrected chi connectivity index (χ3v) is 5.43. The highest BCUT2D eigenvalue weighted by atomic mass is 16.5. The van der Waals surface area contributed by atoms with Crippen molar-refractivity contribution in [2.24, 2.45) is 0 Å². The Bertz CT molecular complexity index is 1360. The van der Waals surface area contributed by atoms with Crippen LogP contribution < -0.4 is 0 Å². The number of aromatic nitrogens is 4. The second-order valence-electron chi connectivity index (χ2n) is 8.07. The molecule has 3 aromatic carbocycles. The van der Waals surface area contributed by atoms with E-state index in [4.69, 9.17) is 24.7 Å². The fourth-order valence-electron chi connectivity index (χ4n) is 3.86. The molecule has 0 saturated heterocycles. The van der Waals surface area contributed by atoms with E-state index < -0.39 is 0 Å². The first-order chi connectivity index (χ1) is 16.7. The minimum atomic E-state index is 0.475. The van der Waals surface area contributed by atoms with Gasteiger partial charge in [0.2, 0.25) is 0 Å². The smallest absolute Gasteiger partial charge is 0.164 e. The van der Waals surface area contributed by atoms with Gasteiger partial charge in [-0.05, 0) is 30.7 Å². The Morgan fingerprint density at radius 2 is 1.09 bits per heavy atom. The van der Waals surface area contributed by atoms with Crippen molar-refractivity contribution in [2.45, 2.75) is 13.5 Å². The Hall–Kier alpha value is -4.22. The molecule has 0 bridgehead atoms. The molecule has 5 heteroatoms. The van der Waals surface area contributed by atoms with Crippen molar-refractivity contribution in [3.05, 3.63) is 108 Å². The zero-order valence-corrected chi connectivity index (χ0v) is 19.1. The summed E-state index contributed by atoms with van der Waals surface area (Å²) in [5.74, 6) is 1.91. The zero-order chi connectivity index (χ0) is 23.3. The Balaban J connectivity index is 1.63. The third kappa shape index (κ3) is 4.75. The number of pyridine rings is 1. The lowest BCUT2D eigenvalue weighted by atomic mass is 10.0. The number of benzene rings is 3. The molecule has 166 valence electrons. The van der Waals surface area contributed by atoms with Crippen molar-refractivity contribution >= 4 is 0 Å². The molecular weight excluding hydrogens is 420 g/mol. The molecule has 0 N–H and O–H groups in total. The van der Waals surface area contributed by atoms with Crippen LogP contribution in [0.3, 0.4) is 0 Å². The highest BCUT2D eigenvalue weighted by Gasteiger charge is 2.13. The molecule has 5 rings (SSSR count). The van der Waals surface area contributed by atoms with Crippen molar-refractivity contribution in [1.29, 1.82) is 0 Å². The van der Waals surface area contributed by atoms with Gasteiger partial charge in [0, 0.05) is 29.4 Å². The fraction of sp³-hybridized carbons (Fsp3) is 0.103. The average Bonchev–Trinajstić information content (AvgIpc) is 2.89. The van der Waals surface area contributed by atoms with Crippen molar-refractivity contribution in [3.63, 3.8) is 0 Å². The molecule has 0 aliphatic heterocycles. The summed E-state index contributed by atoms with van der Waals surface area (Å²) in [4.78, 5) is 19.2. The Morgan fingerprint density at radius 1 is 0.559 bits per heavy atom. The van der Waals surface area contributed by atoms with Crippen LogP contribution in [0.15, 0.2) is 97.1 Å². The van der Waals surface area contributed by atoms with Crippen LogP contribution in [0.2, 0.25) is 0 Å². The summed E-state index contributed by atoms with van der Waals surface area (Å²) in [5.41, 5.74) is 6.75. The summed E-state index contributed by atoms with van der Waals surface area (Å²) < 4.78 is 5.29. The lowest BCUT2D eigenvalue weighted by Crippen LogP contribution is -2.00. The number of hydrogen-bond donors (Lipinski definition) is 0. The molecule has 0 spiro atoms. The normalized spacial score (nSPS) is 10.9. The van der Waals surface area contributed by atoms with Crippen molar-refractivity contribution < 1.29 is 4.74 Å². The molecule has 0 unspecified atom stereocenters. The van der Waals surface area contributed by atoms with E-state index in [1.807, 2.05) is 78.9 Å². The lowest BCUT2D eigenvalue weighted by Gasteiger charge is -2.10.